The van der Waals surface area contributed by atoms with Crippen molar-refractivity contribution >= 4 is 23.2 Å². The second-order valence-corrected chi connectivity index (χ2v) is 5.82. The molecular formula is C18H18Cl2FNO2. The highest BCUT2D eigenvalue weighted by Gasteiger charge is 2.13. The van der Waals surface area contributed by atoms with Crippen LogP contribution in [0.4, 0.5) is 4.39 Å². The van der Waals surface area contributed by atoms with Gasteiger partial charge in [-0.1, -0.05) is 35.3 Å². The zero-order chi connectivity index (χ0) is 17.5. The Morgan fingerprint density at radius 1 is 1.21 bits per heavy atom. The van der Waals surface area contributed by atoms with E-state index in [-0.39, 0.29) is 12.2 Å². The van der Waals surface area contributed by atoms with Crippen molar-refractivity contribution in [3.63, 3.8) is 0 Å². The summed E-state index contributed by atoms with van der Waals surface area (Å²) < 4.78 is 24.8. The molecule has 0 aliphatic rings. The molecule has 0 atom stereocenters. The summed E-state index contributed by atoms with van der Waals surface area (Å²) in [6.45, 7) is 4.87. The van der Waals surface area contributed by atoms with Gasteiger partial charge in [0.2, 0.25) is 0 Å². The predicted octanol–water partition coefficient (Wildman–Crippen LogP) is 5.00. The van der Waals surface area contributed by atoms with E-state index in [1.54, 1.807) is 30.3 Å². The van der Waals surface area contributed by atoms with Gasteiger partial charge in [0.1, 0.15) is 12.4 Å². The van der Waals surface area contributed by atoms with Crippen LogP contribution in [-0.2, 0) is 13.2 Å². The average molecular weight is 370 g/mol. The van der Waals surface area contributed by atoms with Crippen LogP contribution in [-0.4, -0.2) is 13.7 Å². The third kappa shape index (κ3) is 4.63. The molecular weight excluding hydrogens is 352 g/mol. The van der Waals surface area contributed by atoms with Crippen LogP contribution in [0, 0.1) is 5.82 Å². The first-order valence-electron chi connectivity index (χ1n) is 7.30. The largest absolute Gasteiger partial charge is 0.493 e. The number of ether oxygens (including phenoxy) is 2. The first-order valence-corrected chi connectivity index (χ1v) is 8.06. The van der Waals surface area contributed by atoms with Gasteiger partial charge in [0.05, 0.1) is 12.1 Å². The van der Waals surface area contributed by atoms with Crippen molar-refractivity contribution in [2.45, 2.75) is 13.2 Å². The third-order valence-corrected chi connectivity index (χ3v) is 4.08. The number of hydrogen-bond donors (Lipinski definition) is 1. The monoisotopic (exact) mass is 369 g/mol. The van der Waals surface area contributed by atoms with Crippen LogP contribution in [0.3, 0.4) is 0 Å². The highest BCUT2D eigenvalue weighted by Crippen LogP contribution is 2.34. The molecule has 3 nitrogen and oxygen atoms in total. The molecule has 0 radical (unpaired) electrons. The lowest BCUT2D eigenvalue weighted by atomic mass is 10.2. The van der Waals surface area contributed by atoms with Crippen molar-refractivity contribution < 1.29 is 13.9 Å². The third-order valence-electron chi connectivity index (χ3n) is 3.37. The molecule has 0 aliphatic carbocycles. The van der Waals surface area contributed by atoms with Gasteiger partial charge in [0.15, 0.2) is 11.5 Å². The minimum Gasteiger partial charge on any atom is -0.493 e. The minimum atomic E-state index is -0.419. The summed E-state index contributed by atoms with van der Waals surface area (Å²) in [6, 6.07) is 7.94. The Morgan fingerprint density at radius 2 is 2.00 bits per heavy atom. The number of rotatable bonds is 8. The maximum atomic E-state index is 13.8. The van der Waals surface area contributed by atoms with Gasteiger partial charge >= 0.3 is 0 Å². The molecule has 1 N–H and O–H groups in total. The topological polar surface area (TPSA) is 30.5 Å². The van der Waals surface area contributed by atoms with E-state index in [2.05, 4.69) is 11.9 Å². The fraction of sp³-hybridized carbons (Fsp3) is 0.222. The van der Waals surface area contributed by atoms with Crippen molar-refractivity contribution in [1.29, 1.82) is 0 Å². The van der Waals surface area contributed by atoms with Crippen LogP contribution in [0.5, 0.6) is 11.5 Å². The predicted molar refractivity (Wildman–Crippen MR) is 95.6 cm³/mol. The van der Waals surface area contributed by atoms with Crippen LogP contribution in [0.25, 0.3) is 0 Å². The Hall–Kier alpha value is -1.75. The van der Waals surface area contributed by atoms with E-state index in [0.717, 1.165) is 5.56 Å². The van der Waals surface area contributed by atoms with E-state index in [0.29, 0.717) is 34.6 Å². The van der Waals surface area contributed by atoms with Gasteiger partial charge in [0.25, 0.3) is 0 Å². The zero-order valence-corrected chi connectivity index (χ0v) is 14.8. The lowest BCUT2D eigenvalue weighted by Gasteiger charge is -2.15. The molecule has 6 heteroatoms. The quantitative estimate of drug-likeness (QED) is 0.524. The molecule has 2 aromatic rings. The van der Waals surface area contributed by atoms with Crippen LogP contribution >= 0.6 is 23.2 Å². The first-order chi connectivity index (χ1) is 11.6. The zero-order valence-electron chi connectivity index (χ0n) is 13.2. The van der Waals surface area contributed by atoms with E-state index in [1.165, 1.54) is 13.2 Å². The van der Waals surface area contributed by atoms with E-state index >= 15 is 0 Å². The van der Waals surface area contributed by atoms with E-state index in [1.807, 2.05) is 0 Å². The maximum Gasteiger partial charge on any atom is 0.163 e. The van der Waals surface area contributed by atoms with Crippen molar-refractivity contribution in [2.75, 3.05) is 13.7 Å². The van der Waals surface area contributed by atoms with Crippen molar-refractivity contribution in [1.82, 2.24) is 5.32 Å². The van der Waals surface area contributed by atoms with Gasteiger partial charge < -0.3 is 14.8 Å². The lowest BCUT2D eigenvalue weighted by Crippen LogP contribution is -2.13. The molecule has 2 rings (SSSR count). The van der Waals surface area contributed by atoms with Gasteiger partial charge in [-0.25, -0.2) is 4.39 Å². The molecule has 128 valence electrons. The Kier molecular flexibility index (Phi) is 6.91. The smallest absolute Gasteiger partial charge is 0.163 e. The minimum absolute atomic E-state index is 0.0216. The van der Waals surface area contributed by atoms with Gasteiger partial charge in [-0.3, -0.25) is 0 Å². The number of halogens is 3. The van der Waals surface area contributed by atoms with Crippen molar-refractivity contribution in [3.05, 3.63) is 70.0 Å². The van der Waals surface area contributed by atoms with Crippen LogP contribution in [0.15, 0.2) is 43.0 Å². The Morgan fingerprint density at radius 3 is 2.67 bits per heavy atom. The summed E-state index contributed by atoms with van der Waals surface area (Å²) in [5.74, 6) is 0.523. The van der Waals surface area contributed by atoms with Crippen LogP contribution in [0.1, 0.15) is 11.1 Å². The van der Waals surface area contributed by atoms with Gasteiger partial charge in [0, 0.05) is 29.7 Å². The second kappa shape index (κ2) is 8.92. The SMILES string of the molecule is C=CCNCc1cc(OC)c(OCc2c(F)cccc2Cl)cc1Cl. The Balaban J connectivity index is 2.18. The molecule has 2 aromatic carbocycles. The van der Waals surface area contributed by atoms with Crippen LogP contribution in [0.2, 0.25) is 10.0 Å². The highest BCUT2D eigenvalue weighted by atomic mass is 35.5. The molecule has 24 heavy (non-hydrogen) atoms. The summed E-state index contributed by atoms with van der Waals surface area (Å²) in [5.41, 5.74) is 1.15. The first kappa shape index (κ1) is 18.6. The Bertz CT molecular complexity index is 702. The summed E-state index contributed by atoms with van der Waals surface area (Å²) >= 11 is 12.3. The van der Waals surface area contributed by atoms with Crippen molar-refractivity contribution in [3.8, 4) is 11.5 Å². The molecule has 0 bridgehead atoms. The standard InChI is InChI=1S/C18H18Cl2FNO2/c1-3-7-22-10-12-8-17(23-2)18(9-15(12)20)24-11-13-14(19)5-4-6-16(13)21/h3-6,8-9,22H,1,7,10-11H2,2H3. The molecule has 0 spiro atoms. The normalized spacial score (nSPS) is 10.5. The molecule has 0 amide bonds. The number of methoxy groups -OCH3 is 1. The summed E-state index contributed by atoms with van der Waals surface area (Å²) in [4.78, 5) is 0. The maximum absolute atomic E-state index is 13.8. The van der Waals surface area contributed by atoms with E-state index in [9.17, 15) is 4.39 Å². The summed E-state index contributed by atoms with van der Waals surface area (Å²) in [6.07, 6.45) is 1.76. The fourth-order valence-corrected chi connectivity index (χ4v) is 2.55. The van der Waals surface area contributed by atoms with Gasteiger partial charge in [-0.05, 0) is 23.8 Å². The number of benzene rings is 2. The van der Waals surface area contributed by atoms with E-state index in [4.69, 9.17) is 32.7 Å². The molecule has 0 saturated carbocycles. The number of hydrogen-bond acceptors (Lipinski definition) is 3. The van der Waals surface area contributed by atoms with Crippen molar-refractivity contribution in [2.24, 2.45) is 0 Å². The summed E-state index contributed by atoms with van der Waals surface area (Å²) in [5, 5.41) is 4.01. The second-order valence-electron chi connectivity index (χ2n) is 5.00. The average Bonchev–Trinajstić information content (AvgIpc) is 2.56. The lowest BCUT2D eigenvalue weighted by molar-refractivity contribution is 0.279. The molecule has 0 saturated heterocycles. The molecule has 0 aliphatic heterocycles. The number of nitrogens with one attached hydrogen (secondary N) is 1. The molecule has 0 aromatic heterocycles. The van der Waals surface area contributed by atoms with E-state index < -0.39 is 5.82 Å². The van der Waals surface area contributed by atoms with Gasteiger partial charge in [-0.15, -0.1) is 6.58 Å². The summed E-state index contributed by atoms with van der Waals surface area (Å²) in [7, 11) is 1.53. The molecule has 0 fully saturated rings. The van der Waals surface area contributed by atoms with Crippen LogP contribution < -0.4 is 14.8 Å². The highest BCUT2D eigenvalue weighted by molar-refractivity contribution is 6.31. The molecule has 0 unspecified atom stereocenters. The van der Waals surface area contributed by atoms with Gasteiger partial charge in [-0.2, -0.15) is 0 Å². The molecule has 0 heterocycles. The fourth-order valence-electron chi connectivity index (χ4n) is 2.11. The Labute approximate surface area is 151 Å².